The molecule has 2 atom stereocenters. The van der Waals surface area contributed by atoms with Crippen LogP contribution in [0.25, 0.3) is 0 Å². The fraction of sp³-hybridized carbons (Fsp3) is 0.500. The van der Waals surface area contributed by atoms with E-state index in [0.29, 0.717) is 12.0 Å². The lowest BCUT2D eigenvalue weighted by atomic mass is 10.0. The van der Waals surface area contributed by atoms with E-state index < -0.39 is 61.0 Å². The minimum Gasteiger partial charge on any atom is -0.480 e. The monoisotopic (exact) mass is 421 g/mol. The van der Waals surface area contributed by atoms with Crippen molar-refractivity contribution in [1.82, 2.24) is 14.7 Å². The van der Waals surface area contributed by atoms with Gasteiger partial charge in [0.15, 0.2) is 0 Å². The summed E-state index contributed by atoms with van der Waals surface area (Å²) in [7, 11) is 0. The summed E-state index contributed by atoms with van der Waals surface area (Å²) in [6.07, 6.45) is 0.383. The first kappa shape index (κ1) is 21.7. The summed E-state index contributed by atoms with van der Waals surface area (Å²) in [4.78, 5) is 53.3. The van der Waals surface area contributed by atoms with E-state index in [2.05, 4.69) is 0 Å². The summed E-state index contributed by atoms with van der Waals surface area (Å²) in [5, 5.41) is 8.66. The zero-order chi connectivity index (χ0) is 22.0. The first-order valence-corrected chi connectivity index (χ1v) is 9.67. The third kappa shape index (κ3) is 4.28. The SMILES string of the molecule is CC(C)N1C(=O)C2C(CCN2C(=O)COCC(=O)O)N(Cc2cccc(F)c2)C1=O. The van der Waals surface area contributed by atoms with Crippen LogP contribution >= 0.6 is 0 Å². The minimum absolute atomic E-state index is 0.103. The number of urea groups is 1. The van der Waals surface area contributed by atoms with E-state index in [1.165, 1.54) is 21.9 Å². The second-order valence-electron chi connectivity index (χ2n) is 7.62. The first-order valence-electron chi connectivity index (χ1n) is 9.67. The number of aliphatic carboxylic acids is 1. The molecule has 2 aliphatic heterocycles. The van der Waals surface area contributed by atoms with Crippen molar-refractivity contribution in [2.24, 2.45) is 0 Å². The highest BCUT2D eigenvalue weighted by molar-refractivity contribution is 6.02. The van der Waals surface area contributed by atoms with E-state index in [9.17, 15) is 23.6 Å². The standard InChI is InChI=1S/C20H24FN3O6/c1-12(2)24-19(28)18-15(6-7-22(18)16(25)10-30-11-17(26)27)23(20(24)29)9-13-4-3-5-14(21)8-13/h3-5,8,12,15,18H,6-7,9-11H2,1-2H3,(H,26,27). The van der Waals surface area contributed by atoms with Crippen LogP contribution in [-0.2, 0) is 25.7 Å². The highest BCUT2D eigenvalue weighted by Gasteiger charge is 2.53. The van der Waals surface area contributed by atoms with Crippen LogP contribution in [0, 0.1) is 5.82 Å². The smallest absolute Gasteiger partial charge is 0.329 e. The molecule has 0 aliphatic carbocycles. The Morgan fingerprint density at radius 3 is 2.63 bits per heavy atom. The molecular formula is C20H24FN3O6. The highest BCUT2D eigenvalue weighted by Crippen LogP contribution is 2.32. The lowest BCUT2D eigenvalue weighted by Crippen LogP contribution is -2.67. The number of carbonyl (C=O) groups excluding carboxylic acids is 3. The number of hydrogen-bond donors (Lipinski definition) is 1. The van der Waals surface area contributed by atoms with Crippen LogP contribution in [-0.4, -0.2) is 81.5 Å². The molecule has 2 aliphatic rings. The van der Waals surface area contributed by atoms with Gasteiger partial charge in [-0.05, 0) is 38.0 Å². The Balaban J connectivity index is 1.85. The molecule has 0 radical (unpaired) electrons. The number of carboxylic acids is 1. The van der Waals surface area contributed by atoms with Gasteiger partial charge in [0, 0.05) is 19.1 Å². The number of hydrogen-bond acceptors (Lipinski definition) is 5. The molecule has 1 aromatic carbocycles. The molecule has 2 fully saturated rings. The lowest BCUT2D eigenvalue weighted by molar-refractivity contribution is -0.152. The molecule has 0 bridgehead atoms. The van der Waals surface area contributed by atoms with Crippen molar-refractivity contribution in [1.29, 1.82) is 0 Å². The molecular weight excluding hydrogens is 397 g/mol. The second kappa shape index (κ2) is 8.78. The van der Waals surface area contributed by atoms with Crippen LogP contribution in [0.4, 0.5) is 9.18 Å². The normalized spacial score (nSPS) is 21.4. The molecule has 2 unspecified atom stereocenters. The quantitative estimate of drug-likeness (QED) is 0.706. The summed E-state index contributed by atoms with van der Waals surface area (Å²) < 4.78 is 18.5. The van der Waals surface area contributed by atoms with Gasteiger partial charge in [0.05, 0.1) is 6.04 Å². The van der Waals surface area contributed by atoms with Gasteiger partial charge in [0.25, 0.3) is 5.91 Å². The molecule has 0 spiro atoms. The molecule has 0 aromatic heterocycles. The van der Waals surface area contributed by atoms with Gasteiger partial charge < -0.3 is 19.6 Å². The predicted octanol–water partition coefficient (Wildman–Crippen LogP) is 1.07. The second-order valence-corrected chi connectivity index (χ2v) is 7.62. The average molecular weight is 421 g/mol. The molecule has 30 heavy (non-hydrogen) atoms. The number of amides is 4. The maximum absolute atomic E-state index is 13.6. The topological polar surface area (TPSA) is 107 Å². The van der Waals surface area contributed by atoms with Crippen LogP contribution in [0.3, 0.4) is 0 Å². The van der Waals surface area contributed by atoms with Crippen molar-refractivity contribution >= 4 is 23.8 Å². The summed E-state index contributed by atoms with van der Waals surface area (Å²) in [5.41, 5.74) is 0.578. The van der Waals surface area contributed by atoms with Gasteiger partial charge in [0.2, 0.25) is 5.91 Å². The third-order valence-corrected chi connectivity index (χ3v) is 5.24. The fourth-order valence-corrected chi connectivity index (χ4v) is 4.00. The Kier molecular flexibility index (Phi) is 6.35. The molecule has 162 valence electrons. The Labute approximate surface area is 173 Å². The molecule has 9 nitrogen and oxygen atoms in total. The van der Waals surface area contributed by atoms with Gasteiger partial charge in [-0.2, -0.15) is 0 Å². The van der Waals surface area contributed by atoms with Gasteiger partial charge in [-0.1, -0.05) is 12.1 Å². The van der Waals surface area contributed by atoms with E-state index in [4.69, 9.17) is 9.84 Å². The van der Waals surface area contributed by atoms with Gasteiger partial charge in [0.1, 0.15) is 25.1 Å². The van der Waals surface area contributed by atoms with Crippen LogP contribution in [0.1, 0.15) is 25.8 Å². The van der Waals surface area contributed by atoms with Gasteiger partial charge in [-0.3, -0.25) is 14.5 Å². The summed E-state index contributed by atoms with van der Waals surface area (Å²) in [6.45, 7) is 2.65. The zero-order valence-corrected chi connectivity index (χ0v) is 16.8. The first-order chi connectivity index (χ1) is 14.2. The molecule has 2 saturated heterocycles. The highest BCUT2D eigenvalue weighted by atomic mass is 19.1. The van der Waals surface area contributed by atoms with Gasteiger partial charge in [-0.25, -0.2) is 14.0 Å². The number of nitrogens with zero attached hydrogens (tertiary/aromatic N) is 3. The van der Waals surface area contributed by atoms with E-state index in [1.54, 1.807) is 26.0 Å². The van der Waals surface area contributed by atoms with Gasteiger partial charge in [-0.15, -0.1) is 0 Å². The predicted molar refractivity (Wildman–Crippen MR) is 102 cm³/mol. The van der Waals surface area contributed by atoms with Crippen molar-refractivity contribution < 1.29 is 33.4 Å². The number of likely N-dealkylation sites (tertiary alicyclic amines) is 1. The molecule has 4 amide bonds. The number of benzene rings is 1. The van der Waals surface area contributed by atoms with E-state index >= 15 is 0 Å². The van der Waals surface area contributed by atoms with Crippen LogP contribution in [0.2, 0.25) is 0 Å². The molecule has 0 saturated carbocycles. The van der Waals surface area contributed by atoms with E-state index in [0.717, 1.165) is 4.90 Å². The summed E-state index contributed by atoms with van der Waals surface area (Å²) in [6, 6.07) is 3.54. The molecule has 10 heteroatoms. The van der Waals surface area contributed by atoms with E-state index in [1.807, 2.05) is 0 Å². The lowest BCUT2D eigenvalue weighted by Gasteiger charge is -2.45. The van der Waals surface area contributed by atoms with Gasteiger partial charge >= 0.3 is 12.0 Å². The third-order valence-electron chi connectivity index (χ3n) is 5.24. The number of fused-ring (bicyclic) bond motifs is 1. The Morgan fingerprint density at radius 1 is 1.27 bits per heavy atom. The molecule has 2 heterocycles. The van der Waals surface area contributed by atoms with Crippen molar-refractivity contribution in [3.63, 3.8) is 0 Å². The number of halogens is 1. The minimum atomic E-state index is -1.20. The van der Waals surface area contributed by atoms with Crippen LogP contribution in [0.15, 0.2) is 24.3 Å². The number of imide groups is 1. The molecule has 1 aromatic rings. The molecule has 3 rings (SSSR count). The number of ether oxygens (including phenoxy) is 1. The van der Waals surface area contributed by atoms with Crippen LogP contribution < -0.4 is 0 Å². The van der Waals surface area contributed by atoms with Crippen LogP contribution in [0.5, 0.6) is 0 Å². The molecule has 1 N–H and O–H groups in total. The van der Waals surface area contributed by atoms with Crippen molar-refractivity contribution in [2.45, 2.75) is 44.9 Å². The number of carboxylic acid groups (broad SMARTS) is 1. The largest absolute Gasteiger partial charge is 0.480 e. The number of carbonyl (C=O) groups is 4. The number of rotatable bonds is 7. The van der Waals surface area contributed by atoms with E-state index in [-0.39, 0.29) is 13.1 Å². The summed E-state index contributed by atoms with van der Waals surface area (Å²) in [5.74, 6) is -2.61. The maximum atomic E-state index is 13.6. The zero-order valence-electron chi connectivity index (χ0n) is 16.8. The van der Waals surface area contributed by atoms with Crippen molar-refractivity contribution in [2.75, 3.05) is 19.8 Å². The summed E-state index contributed by atoms with van der Waals surface area (Å²) >= 11 is 0. The maximum Gasteiger partial charge on any atom is 0.329 e. The Morgan fingerprint density at radius 2 is 2.00 bits per heavy atom. The fourth-order valence-electron chi connectivity index (χ4n) is 4.00. The van der Waals surface area contributed by atoms with Crippen molar-refractivity contribution in [3.8, 4) is 0 Å². The Bertz CT molecular complexity index is 861. The average Bonchev–Trinajstić information content (AvgIpc) is 3.10. The Hall–Kier alpha value is -3.01. The van der Waals surface area contributed by atoms with Crippen molar-refractivity contribution in [3.05, 3.63) is 35.6 Å².